The summed E-state index contributed by atoms with van der Waals surface area (Å²) < 4.78 is 0. The first-order valence-electron chi connectivity index (χ1n) is 5.26. The summed E-state index contributed by atoms with van der Waals surface area (Å²) in [6, 6.07) is 7.06. The maximum absolute atomic E-state index is 11.8. The number of nitrogens with zero attached hydrogens (tertiary/aromatic N) is 2. The van der Waals surface area contributed by atoms with Crippen molar-refractivity contribution in [2.45, 2.75) is 6.92 Å². The molecule has 0 atom stereocenters. The van der Waals surface area contributed by atoms with Crippen LogP contribution in [0.2, 0.25) is 0 Å². The highest BCUT2D eigenvalue weighted by molar-refractivity contribution is 6.11. The van der Waals surface area contributed by atoms with Gasteiger partial charge in [0.15, 0.2) is 0 Å². The Morgan fingerprint density at radius 3 is 2.59 bits per heavy atom. The van der Waals surface area contributed by atoms with Crippen molar-refractivity contribution >= 4 is 29.5 Å². The quantitative estimate of drug-likeness (QED) is 0.701. The van der Waals surface area contributed by atoms with E-state index in [9.17, 15) is 14.4 Å². The summed E-state index contributed by atoms with van der Waals surface area (Å²) in [6.07, 6.45) is 0.679. The molecular weight excluding hydrogens is 220 g/mol. The third kappa shape index (κ3) is 1.91. The third-order valence-corrected chi connectivity index (χ3v) is 2.69. The van der Waals surface area contributed by atoms with E-state index in [-0.39, 0.29) is 24.9 Å². The Labute approximate surface area is 98.6 Å². The average molecular weight is 232 g/mol. The second kappa shape index (κ2) is 4.37. The van der Waals surface area contributed by atoms with E-state index in [2.05, 4.69) is 0 Å². The Kier molecular flexibility index (Phi) is 2.91. The molecule has 1 aromatic carbocycles. The van der Waals surface area contributed by atoms with Crippen LogP contribution in [0.25, 0.3) is 0 Å². The highest BCUT2D eigenvalue weighted by atomic mass is 16.2. The standard InChI is InChI=1S/C12H12N2O3/c1-9(16)14-8-12(17)13(6-7-15)10-4-2-3-5-11(10)14/h2-5,7H,6,8H2,1H3. The SMILES string of the molecule is CC(=O)N1CC(=O)N(CC=O)c2ccccc21. The van der Waals surface area contributed by atoms with Crippen LogP contribution in [0.15, 0.2) is 24.3 Å². The first kappa shape index (κ1) is 11.3. The summed E-state index contributed by atoms with van der Waals surface area (Å²) in [7, 11) is 0. The molecule has 0 aromatic heterocycles. The van der Waals surface area contributed by atoms with E-state index < -0.39 is 0 Å². The lowest BCUT2D eigenvalue weighted by Gasteiger charge is -2.34. The number of hydrogen-bond acceptors (Lipinski definition) is 3. The molecule has 0 radical (unpaired) electrons. The molecule has 0 fully saturated rings. The molecule has 0 spiro atoms. The van der Waals surface area contributed by atoms with Crippen LogP contribution in [0.1, 0.15) is 6.92 Å². The van der Waals surface area contributed by atoms with Crippen molar-refractivity contribution in [1.82, 2.24) is 0 Å². The lowest BCUT2D eigenvalue weighted by Crippen LogP contribution is -2.48. The van der Waals surface area contributed by atoms with Crippen LogP contribution >= 0.6 is 0 Å². The van der Waals surface area contributed by atoms with Crippen LogP contribution < -0.4 is 9.80 Å². The van der Waals surface area contributed by atoms with Gasteiger partial charge in [0.25, 0.3) is 0 Å². The number of rotatable bonds is 2. The van der Waals surface area contributed by atoms with Gasteiger partial charge in [-0.1, -0.05) is 12.1 Å². The van der Waals surface area contributed by atoms with Gasteiger partial charge in [0.05, 0.1) is 17.9 Å². The predicted octanol–water partition coefficient (Wildman–Crippen LogP) is 0.585. The summed E-state index contributed by atoms with van der Waals surface area (Å²) in [4.78, 5) is 36.7. The second-order valence-electron chi connectivity index (χ2n) is 3.76. The normalized spacial score (nSPS) is 14.5. The number of aldehydes is 1. The number of carbonyl (C=O) groups is 3. The van der Waals surface area contributed by atoms with Gasteiger partial charge in [-0.05, 0) is 12.1 Å². The minimum Gasteiger partial charge on any atom is -0.302 e. The highest BCUT2D eigenvalue weighted by Crippen LogP contribution is 2.32. The minimum atomic E-state index is -0.244. The van der Waals surface area contributed by atoms with E-state index in [1.165, 1.54) is 16.7 Å². The van der Waals surface area contributed by atoms with Crippen molar-refractivity contribution in [2.75, 3.05) is 22.9 Å². The highest BCUT2D eigenvalue weighted by Gasteiger charge is 2.30. The van der Waals surface area contributed by atoms with Gasteiger partial charge in [-0.15, -0.1) is 0 Å². The molecule has 0 aliphatic carbocycles. The first-order chi connectivity index (χ1) is 8.15. The fourth-order valence-electron chi connectivity index (χ4n) is 1.92. The lowest BCUT2D eigenvalue weighted by atomic mass is 10.1. The van der Waals surface area contributed by atoms with Gasteiger partial charge in [0.1, 0.15) is 12.8 Å². The molecule has 1 aliphatic rings. The van der Waals surface area contributed by atoms with E-state index in [0.717, 1.165) is 0 Å². The summed E-state index contributed by atoms with van der Waals surface area (Å²) in [5.74, 6) is -0.428. The molecule has 0 unspecified atom stereocenters. The summed E-state index contributed by atoms with van der Waals surface area (Å²) in [6.45, 7) is 1.42. The Morgan fingerprint density at radius 1 is 1.35 bits per heavy atom. The van der Waals surface area contributed by atoms with Gasteiger partial charge < -0.3 is 14.6 Å². The Hall–Kier alpha value is -2.17. The predicted molar refractivity (Wildman–Crippen MR) is 62.9 cm³/mol. The van der Waals surface area contributed by atoms with Crippen molar-refractivity contribution in [3.8, 4) is 0 Å². The fourth-order valence-corrected chi connectivity index (χ4v) is 1.92. The zero-order valence-electron chi connectivity index (χ0n) is 9.42. The van der Waals surface area contributed by atoms with Gasteiger partial charge in [0.2, 0.25) is 11.8 Å². The molecule has 0 saturated carbocycles. The molecule has 5 nitrogen and oxygen atoms in total. The van der Waals surface area contributed by atoms with Crippen LogP contribution in [0.4, 0.5) is 11.4 Å². The van der Waals surface area contributed by atoms with E-state index in [4.69, 9.17) is 0 Å². The number of fused-ring (bicyclic) bond motifs is 1. The number of carbonyl (C=O) groups excluding carboxylic acids is 3. The number of para-hydroxylation sites is 2. The zero-order chi connectivity index (χ0) is 12.4. The van der Waals surface area contributed by atoms with Gasteiger partial charge in [-0.2, -0.15) is 0 Å². The van der Waals surface area contributed by atoms with Crippen LogP contribution in [0, 0.1) is 0 Å². The Balaban J connectivity index is 2.50. The van der Waals surface area contributed by atoms with Crippen molar-refractivity contribution in [2.24, 2.45) is 0 Å². The largest absolute Gasteiger partial charge is 0.302 e. The maximum Gasteiger partial charge on any atom is 0.247 e. The average Bonchev–Trinajstić information content (AvgIpc) is 2.32. The van der Waals surface area contributed by atoms with Crippen LogP contribution in [0.3, 0.4) is 0 Å². The van der Waals surface area contributed by atoms with Crippen LogP contribution in [-0.4, -0.2) is 31.2 Å². The monoisotopic (exact) mass is 232 g/mol. The molecule has 0 bridgehead atoms. The Bertz CT molecular complexity index is 484. The molecule has 1 aliphatic heterocycles. The van der Waals surface area contributed by atoms with E-state index in [1.54, 1.807) is 24.3 Å². The third-order valence-electron chi connectivity index (χ3n) is 2.69. The smallest absolute Gasteiger partial charge is 0.247 e. The van der Waals surface area contributed by atoms with E-state index in [0.29, 0.717) is 17.7 Å². The van der Waals surface area contributed by atoms with Gasteiger partial charge in [0, 0.05) is 6.92 Å². The lowest BCUT2D eigenvalue weighted by molar-refractivity contribution is -0.122. The zero-order valence-corrected chi connectivity index (χ0v) is 9.42. The minimum absolute atomic E-state index is 0.0137. The summed E-state index contributed by atoms with van der Waals surface area (Å²) in [5, 5.41) is 0. The number of amides is 2. The molecule has 2 amide bonds. The van der Waals surface area contributed by atoms with E-state index in [1.807, 2.05) is 0 Å². The van der Waals surface area contributed by atoms with E-state index >= 15 is 0 Å². The number of anilines is 2. The first-order valence-corrected chi connectivity index (χ1v) is 5.26. The molecular formula is C12H12N2O3. The molecule has 5 heteroatoms. The second-order valence-corrected chi connectivity index (χ2v) is 3.76. The Morgan fingerprint density at radius 2 is 2.00 bits per heavy atom. The summed E-state index contributed by atoms with van der Waals surface area (Å²) >= 11 is 0. The van der Waals surface area contributed by atoms with Crippen LogP contribution in [0.5, 0.6) is 0 Å². The molecule has 17 heavy (non-hydrogen) atoms. The molecule has 0 saturated heterocycles. The van der Waals surface area contributed by atoms with Crippen molar-refractivity contribution in [3.05, 3.63) is 24.3 Å². The van der Waals surface area contributed by atoms with Crippen molar-refractivity contribution < 1.29 is 14.4 Å². The molecule has 88 valence electrons. The molecule has 0 N–H and O–H groups in total. The van der Waals surface area contributed by atoms with Crippen molar-refractivity contribution in [3.63, 3.8) is 0 Å². The molecule has 1 aromatic rings. The molecule has 2 rings (SSSR count). The van der Waals surface area contributed by atoms with Gasteiger partial charge >= 0.3 is 0 Å². The maximum atomic E-state index is 11.8. The fraction of sp³-hybridized carbons (Fsp3) is 0.250. The van der Waals surface area contributed by atoms with Crippen molar-refractivity contribution in [1.29, 1.82) is 0 Å². The molecule has 1 heterocycles. The van der Waals surface area contributed by atoms with Crippen LogP contribution in [-0.2, 0) is 14.4 Å². The van der Waals surface area contributed by atoms with Gasteiger partial charge in [-0.25, -0.2) is 0 Å². The topological polar surface area (TPSA) is 57.7 Å². The van der Waals surface area contributed by atoms with Gasteiger partial charge in [-0.3, -0.25) is 9.59 Å². The number of benzene rings is 1. The summed E-state index contributed by atoms with van der Waals surface area (Å²) in [5.41, 5.74) is 1.27. The number of hydrogen-bond donors (Lipinski definition) is 0.